The molecule has 0 aromatic heterocycles. The van der Waals surface area contributed by atoms with Crippen molar-refractivity contribution >= 4 is 22.6 Å². The minimum atomic E-state index is 0.0617. The van der Waals surface area contributed by atoms with E-state index in [1.54, 1.807) is 0 Å². The van der Waals surface area contributed by atoms with Gasteiger partial charge in [-0.2, -0.15) is 0 Å². The summed E-state index contributed by atoms with van der Waals surface area (Å²) in [7, 11) is 2.20. The fraction of sp³-hybridized carbons (Fsp3) is 1.00. The molecule has 0 aliphatic carbocycles. The van der Waals surface area contributed by atoms with E-state index in [2.05, 4.69) is 67.1 Å². The number of halogens is 1. The van der Waals surface area contributed by atoms with Crippen LogP contribution in [0.4, 0.5) is 0 Å². The zero-order valence-electron chi connectivity index (χ0n) is 12.6. The number of ether oxygens (including phenoxy) is 1. The number of rotatable bonds is 6. The molecule has 1 rings (SSSR count). The van der Waals surface area contributed by atoms with Gasteiger partial charge in [-0.1, -0.05) is 22.6 Å². The van der Waals surface area contributed by atoms with E-state index in [0.29, 0.717) is 12.1 Å². The molecule has 1 saturated heterocycles. The van der Waals surface area contributed by atoms with Crippen LogP contribution in [0.3, 0.4) is 0 Å². The summed E-state index contributed by atoms with van der Waals surface area (Å²) in [5, 5.41) is 0. The summed E-state index contributed by atoms with van der Waals surface area (Å²) in [4.78, 5) is 4.96. The highest BCUT2D eigenvalue weighted by molar-refractivity contribution is 14.1. The highest BCUT2D eigenvalue weighted by Crippen LogP contribution is 2.26. The number of alkyl halides is 1. The maximum Gasteiger partial charge on any atom is 0.0910 e. The third-order valence-electron chi connectivity index (χ3n) is 4.05. The molecule has 1 aliphatic heterocycles. The molecule has 3 nitrogen and oxygen atoms in total. The van der Waals surface area contributed by atoms with Crippen molar-refractivity contribution in [3.63, 3.8) is 0 Å². The van der Waals surface area contributed by atoms with Gasteiger partial charge in [-0.25, -0.2) is 0 Å². The van der Waals surface area contributed by atoms with E-state index in [1.165, 1.54) is 0 Å². The molecule has 1 unspecified atom stereocenters. The Morgan fingerprint density at radius 1 is 1.33 bits per heavy atom. The molecule has 1 aliphatic rings. The molecule has 1 atom stereocenters. The van der Waals surface area contributed by atoms with Gasteiger partial charge in [0, 0.05) is 36.1 Å². The van der Waals surface area contributed by atoms with E-state index in [9.17, 15) is 0 Å². The van der Waals surface area contributed by atoms with Gasteiger partial charge in [-0.3, -0.25) is 4.90 Å². The molecule has 1 fully saturated rings. The minimum absolute atomic E-state index is 0.0617. The van der Waals surface area contributed by atoms with Crippen molar-refractivity contribution in [1.29, 1.82) is 0 Å². The van der Waals surface area contributed by atoms with Gasteiger partial charge in [-0.05, 0) is 41.2 Å². The Labute approximate surface area is 126 Å². The molecule has 0 saturated carbocycles. The van der Waals surface area contributed by atoms with E-state index >= 15 is 0 Å². The lowest BCUT2D eigenvalue weighted by atomic mass is 9.98. The number of hydrogen-bond donors (Lipinski definition) is 0. The summed E-state index contributed by atoms with van der Waals surface area (Å²) in [5.74, 6) is 0. The van der Waals surface area contributed by atoms with Crippen LogP contribution in [0.1, 0.15) is 34.1 Å². The summed E-state index contributed by atoms with van der Waals surface area (Å²) >= 11 is 2.49. The Balaban J connectivity index is 2.56. The predicted octanol–water partition coefficient (Wildman–Crippen LogP) is 2.63. The Bertz CT molecular complexity index is 248. The van der Waals surface area contributed by atoms with Crippen LogP contribution in [0.2, 0.25) is 0 Å². The summed E-state index contributed by atoms with van der Waals surface area (Å²) in [6, 6.07) is 1.24. The maximum absolute atomic E-state index is 6.15. The minimum Gasteiger partial charge on any atom is -0.371 e. The SMILES string of the molecule is CC(C)N(C)CCC1(CI)CN(C(C)C)CCO1. The van der Waals surface area contributed by atoms with E-state index in [4.69, 9.17) is 4.74 Å². The lowest BCUT2D eigenvalue weighted by molar-refractivity contribution is -0.107. The lowest BCUT2D eigenvalue weighted by Gasteiger charge is -2.44. The first-order chi connectivity index (χ1) is 8.40. The molecule has 4 heteroatoms. The molecule has 0 aromatic rings. The Kier molecular flexibility index (Phi) is 6.86. The van der Waals surface area contributed by atoms with Crippen LogP contribution >= 0.6 is 22.6 Å². The number of morpholine rings is 1. The van der Waals surface area contributed by atoms with Crippen LogP contribution in [0, 0.1) is 0 Å². The first kappa shape index (κ1) is 16.7. The van der Waals surface area contributed by atoms with Gasteiger partial charge in [0.05, 0.1) is 12.2 Å². The summed E-state index contributed by atoms with van der Waals surface area (Å²) in [5.41, 5.74) is 0.0617. The lowest BCUT2D eigenvalue weighted by Crippen LogP contribution is -2.56. The number of nitrogens with zero attached hydrogens (tertiary/aromatic N) is 2. The summed E-state index contributed by atoms with van der Waals surface area (Å²) in [6.07, 6.45) is 1.13. The van der Waals surface area contributed by atoms with Crippen LogP contribution in [0.15, 0.2) is 0 Å². The predicted molar refractivity (Wildman–Crippen MR) is 86.7 cm³/mol. The van der Waals surface area contributed by atoms with Crippen molar-refractivity contribution in [3.05, 3.63) is 0 Å². The normalized spacial score (nSPS) is 26.5. The second kappa shape index (κ2) is 7.41. The van der Waals surface area contributed by atoms with Crippen molar-refractivity contribution < 1.29 is 4.74 Å². The van der Waals surface area contributed by atoms with Gasteiger partial charge in [-0.15, -0.1) is 0 Å². The summed E-state index contributed by atoms with van der Waals surface area (Å²) in [6.45, 7) is 13.2. The van der Waals surface area contributed by atoms with Crippen molar-refractivity contribution in [2.45, 2.75) is 51.8 Å². The molecule has 18 heavy (non-hydrogen) atoms. The molecular weight excluding hydrogens is 339 g/mol. The van der Waals surface area contributed by atoms with Gasteiger partial charge in [0.1, 0.15) is 0 Å². The van der Waals surface area contributed by atoms with Crippen molar-refractivity contribution in [3.8, 4) is 0 Å². The molecule has 0 spiro atoms. The first-order valence-electron chi connectivity index (χ1n) is 7.04. The van der Waals surface area contributed by atoms with Crippen molar-refractivity contribution in [1.82, 2.24) is 9.80 Å². The Hall–Kier alpha value is 0.610. The van der Waals surface area contributed by atoms with Crippen molar-refractivity contribution in [2.24, 2.45) is 0 Å². The van der Waals surface area contributed by atoms with Crippen LogP contribution < -0.4 is 0 Å². The largest absolute Gasteiger partial charge is 0.371 e. The van der Waals surface area contributed by atoms with Crippen molar-refractivity contribution in [2.75, 3.05) is 37.7 Å². The first-order valence-corrected chi connectivity index (χ1v) is 8.57. The van der Waals surface area contributed by atoms with Gasteiger partial charge < -0.3 is 9.64 Å². The standard InChI is InChI=1S/C14H29IN2O/c1-12(2)16(5)7-6-14(10-15)11-17(13(3)4)8-9-18-14/h12-13H,6-11H2,1-5H3. The highest BCUT2D eigenvalue weighted by Gasteiger charge is 2.36. The van der Waals surface area contributed by atoms with Crippen LogP contribution in [0.5, 0.6) is 0 Å². The monoisotopic (exact) mass is 368 g/mol. The average Bonchev–Trinajstić information content (AvgIpc) is 2.36. The third kappa shape index (κ3) is 4.62. The Morgan fingerprint density at radius 2 is 2.00 bits per heavy atom. The average molecular weight is 368 g/mol. The van der Waals surface area contributed by atoms with E-state index in [0.717, 1.165) is 37.1 Å². The van der Waals surface area contributed by atoms with Gasteiger partial charge in [0.15, 0.2) is 0 Å². The molecule has 0 N–H and O–H groups in total. The molecular formula is C14H29IN2O. The number of hydrogen-bond acceptors (Lipinski definition) is 3. The topological polar surface area (TPSA) is 15.7 Å². The fourth-order valence-corrected chi connectivity index (χ4v) is 3.09. The second-order valence-corrected chi connectivity index (χ2v) is 6.82. The van der Waals surface area contributed by atoms with Gasteiger partial charge in [0.25, 0.3) is 0 Å². The molecule has 0 aromatic carbocycles. The van der Waals surface area contributed by atoms with E-state index in [-0.39, 0.29) is 5.60 Å². The molecule has 108 valence electrons. The molecule has 1 heterocycles. The Morgan fingerprint density at radius 3 is 2.50 bits per heavy atom. The molecule has 0 radical (unpaired) electrons. The smallest absolute Gasteiger partial charge is 0.0910 e. The summed E-state index contributed by atoms with van der Waals surface area (Å²) < 4.78 is 7.23. The van der Waals surface area contributed by atoms with Gasteiger partial charge in [0.2, 0.25) is 0 Å². The van der Waals surface area contributed by atoms with Gasteiger partial charge >= 0.3 is 0 Å². The highest BCUT2D eigenvalue weighted by atomic mass is 127. The molecule has 0 bridgehead atoms. The second-order valence-electron chi connectivity index (χ2n) is 6.05. The van der Waals surface area contributed by atoms with E-state index < -0.39 is 0 Å². The zero-order valence-corrected chi connectivity index (χ0v) is 14.7. The fourth-order valence-electron chi connectivity index (χ4n) is 2.25. The van der Waals surface area contributed by atoms with Crippen LogP contribution in [0.25, 0.3) is 0 Å². The van der Waals surface area contributed by atoms with Crippen LogP contribution in [-0.2, 0) is 4.74 Å². The van der Waals surface area contributed by atoms with E-state index in [1.807, 2.05) is 0 Å². The quantitative estimate of drug-likeness (QED) is 0.530. The maximum atomic E-state index is 6.15. The van der Waals surface area contributed by atoms with Crippen LogP contribution in [-0.4, -0.2) is 65.2 Å². The molecule has 0 amide bonds. The zero-order chi connectivity index (χ0) is 13.8. The third-order valence-corrected chi connectivity index (χ3v) is 5.44.